The zero-order valence-electron chi connectivity index (χ0n) is 9.05. The number of carbonyl (C=O) groups excluding carboxylic acids is 1. The van der Waals surface area contributed by atoms with Crippen LogP contribution in [0.2, 0.25) is 0 Å². The maximum atomic E-state index is 13.7. The first kappa shape index (κ1) is 12.9. The lowest BCUT2D eigenvalue weighted by atomic mass is 9.79. The Morgan fingerprint density at radius 1 is 1.62 bits per heavy atom. The predicted octanol–water partition coefficient (Wildman–Crippen LogP) is 3.35. The van der Waals surface area contributed by atoms with Gasteiger partial charge in [0.25, 0.3) is 0 Å². The summed E-state index contributed by atoms with van der Waals surface area (Å²) in [4.78, 5) is 11.1. The van der Waals surface area contributed by atoms with Crippen LogP contribution < -0.4 is 0 Å². The van der Waals surface area contributed by atoms with Crippen LogP contribution in [0, 0.1) is 17.1 Å². The molecule has 16 heavy (non-hydrogen) atoms. The lowest BCUT2D eigenvalue weighted by Crippen LogP contribution is -2.24. The summed E-state index contributed by atoms with van der Waals surface area (Å²) in [5.74, 6) is -0.606. The lowest BCUT2D eigenvalue weighted by molar-refractivity contribution is -0.117. The normalized spacial score (nSPS) is 13.9. The number of carbonyl (C=O) groups is 1. The third-order valence-corrected chi connectivity index (χ3v) is 2.87. The van der Waals surface area contributed by atoms with Crippen LogP contribution in [0.3, 0.4) is 0 Å². The van der Waals surface area contributed by atoms with Crippen molar-refractivity contribution in [2.24, 2.45) is 0 Å². The molecule has 1 aromatic carbocycles. The van der Waals surface area contributed by atoms with E-state index in [0.29, 0.717) is 4.47 Å². The first-order valence-electron chi connectivity index (χ1n) is 4.75. The van der Waals surface area contributed by atoms with Gasteiger partial charge in [0.15, 0.2) is 0 Å². The monoisotopic (exact) mass is 283 g/mol. The second-order valence-corrected chi connectivity index (χ2v) is 4.86. The lowest BCUT2D eigenvalue weighted by Gasteiger charge is -2.21. The Bertz CT molecular complexity index is 467. The fourth-order valence-corrected chi connectivity index (χ4v) is 1.96. The molecule has 0 N–H and O–H groups in total. The van der Waals surface area contributed by atoms with Crippen molar-refractivity contribution < 1.29 is 9.18 Å². The molecular weight excluding hydrogens is 273 g/mol. The molecule has 84 valence electrons. The quantitative estimate of drug-likeness (QED) is 0.854. The van der Waals surface area contributed by atoms with Gasteiger partial charge in [-0.1, -0.05) is 22.0 Å². The molecule has 0 saturated carbocycles. The van der Waals surface area contributed by atoms with Crippen molar-refractivity contribution in [3.05, 3.63) is 34.1 Å². The molecule has 0 amide bonds. The van der Waals surface area contributed by atoms with Gasteiger partial charge < -0.3 is 0 Å². The highest BCUT2D eigenvalue weighted by Gasteiger charge is 2.31. The Hall–Kier alpha value is -1.21. The first-order valence-corrected chi connectivity index (χ1v) is 5.54. The maximum Gasteiger partial charge on any atom is 0.131 e. The summed E-state index contributed by atoms with van der Waals surface area (Å²) in [5.41, 5.74) is -0.843. The van der Waals surface area contributed by atoms with E-state index in [-0.39, 0.29) is 17.8 Å². The predicted molar refractivity (Wildman–Crippen MR) is 62.4 cm³/mol. The van der Waals surface area contributed by atoms with Crippen molar-refractivity contribution in [2.75, 3.05) is 0 Å². The van der Waals surface area contributed by atoms with Crippen LogP contribution in [0.4, 0.5) is 4.39 Å². The van der Waals surface area contributed by atoms with E-state index < -0.39 is 11.2 Å². The van der Waals surface area contributed by atoms with Crippen LogP contribution in [0.25, 0.3) is 0 Å². The summed E-state index contributed by atoms with van der Waals surface area (Å²) in [7, 11) is 0. The first-order chi connectivity index (χ1) is 7.39. The Balaban J connectivity index is 3.24. The minimum atomic E-state index is -1.10. The Kier molecular flexibility index (Phi) is 3.82. The van der Waals surface area contributed by atoms with Crippen LogP contribution in [0.5, 0.6) is 0 Å². The highest BCUT2D eigenvalue weighted by Crippen LogP contribution is 2.30. The van der Waals surface area contributed by atoms with E-state index in [9.17, 15) is 9.18 Å². The van der Waals surface area contributed by atoms with Crippen LogP contribution >= 0.6 is 15.9 Å². The van der Waals surface area contributed by atoms with Crippen molar-refractivity contribution in [1.82, 2.24) is 0 Å². The molecule has 1 aromatic rings. The third kappa shape index (κ3) is 2.67. The smallest absolute Gasteiger partial charge is 0.131 e. The van der Waals surface area contributed by atoms with Crippen molar-refractivity contribution in [3.63, 3.8) is 0 Å². The Morgan fingerprint density at radius 2 is 2.25 bits per heavy atom. The van der Waals surface area contributed by atoms with E-state index in [1.54, 1.807) is 13.0 Å². The Morgan fingerprint density at radius 3 is 2.69 bits per heavy atom. The molecule has 0 heterocycles. The highest BCUT2D eigenvalue weighted by atomic mass is 79.9. The second kappa shape index (κ2) is 4.75. The number of hydrogen-bond acceptors (Lipinski definition) is 2. The van der Waals surface area contributed by atoms with Gasteiger partial charge in [-0.25, -0.2) is 4.39 Å². The number of nitrogens with zero attached hydrogens (tertiary/aromatic N) is 1. The topological polar surface area (TPSA) is 40.9 Å². The zero-order chi connectivity index (χ0) is 12.3. The van der Waals surface area contributed by atoms with E-state index in [2.05, 4.69) is 15.9 Å². The van der Waals surface area contributed by atoms with E-state index in [0.717, 1.165) is 0 Å². The molecule has 0 aromatic heterocycles. The van der Waals surface area contributed by atoms with E-state index >= 15 is 0 Å². The van der Waals surface area contributed by atoms with E-state index in [4.69, 9.17) is 5.26 Å². The number of rotatable bonds is 3. The second-order valence-electron chi connectivity index (χ2n) is 3.95. The molecule has 0 radical (unpaired) electrons. The fraction of sp³-hybridized carbons (Fsp3) is 0.333. The third-order valence-electron chi connectivity index (χ3n) is 2.37. The summed E-state index contributed by atoms with van der Waals surface area (Å²) in [6.07, 6.45) is 0.0159. The number of halogens is 2. The summed E-state index contributed by atoms with van der Waals surface area (Å²) in [6, 6.07) is 6.50. The van der Waals surface area contributed by atoms with Gasteiger partial charge in [-0.3, -0.25) is 4.79 Å². The van der Waals surface area contributed by atoms with Gasteiger partial charge in [0.2, 0.25) is 0 Å². The molecule has 0 saturated heterocycles. The van der Waals surface area contributed by atoms with Crippen LogP contribution in [-0.4, -0.2) is 5.78 Å². The van der Waals surface area contributed by atoms with Crippen molar-refractivity contribution >= 4 is 21.7 Å². The molecule has 1 atom stereocenters. The van der Waals surface area contributed by atoms with Crippen LogP contribution in [-0.2, 0) is 10.2 Å². The van der Waals surface area contributed by atoms with Crippen LogP contribution in [0.15, 0.2) is 22.7 Å². The standard InChI is InChI=1S/C12H11BrFNO/c1-8(16)6-12(2,7-15)10-4-3-9(13)5-11(10)14/h3-5H,6H2,1-2H3. The van der Waals surface area contributed by atoms with Gasteiger partial charge in [0, 0.05) is 16.5 Å². The molecule has 0 aliphatic heterocycles. The SMILES string of the molecule is CC(=O)CC(C)(C#N)c1ccc(Br)cc1F. The van der Waals surface area contributed by atoms with Gasteiger partial charge in [0.05, 0.1) is 11.5 Å². The summed E-state index contributed by atoms with van der Waals surface area (Å²) >= 11 is 3.15. The average Bonchev–Trinajstić information content (AvgIpc) is 2.16. The van der Waals surface area contributed by atoms with Crippen molar-refractivity contribution in [1.29, 1.82) is 5.26 Å². The van der Waals surface area contributed by atoms with Crippen molar-refractivity contribution in [3.8, 4) is 6.07 Å². The minimum Gasteiger partial charge on any atom is -0.300 e. The summed E-state index contributed by atoms with van der Waals surface area (Å²) < 4.78 is 14.3. The van der Waals surface area contributed by atoms with Gasteiger partial charge in [0.1, 0.15) is 11.6 Å². The molecule has 0 spiro atoms. The number of ketones is 1. The van der Waals surface area contributed by atoms with E-state index in [1.807, 2.05) is 6.07 Å². The molecule has 0 fully saturated rings. The molecule has 1 rings (SSSR count). The highest BCUT2D eigenvalue weighted by molar-refractivity contribution is 9.10. The molecular formula is C12H11BrFNO. The molecule has 0 aliphatic carbocycles. The summed E-state index contributed by atoms with van der Waals surface area (Å²) in [5, 5.41) is 9.10. The minimum absolute atomic E-state index is 0.0159. The fourth-order valence-electron chi connectivity index (χ4n) is 1.63. The van der Waals surface area contributed by atoms with Crippen LogP contribution in [0.1, 0.15) is 25.8 Å². The zero-order valence-corrected chi connectivity index (χ0v) is 10.6. The number of hydrogen-bond donors (Lipinski definition) is 0. The van der Waals surface area contributed by atoms with Gasteiger partial charge >= 0.3 is 0 Å². The molecule has 0 bridgehead atoms. The van der Waals surface area contributed by atoms with Gasteiger partial charge in [-0.15, -0.1) is 0 Å². The maximum absolute atomic E-state index is 13.7. The van der Waals surface area contributed by atoms with Gasteiger partial charge in [-0.2, -0.15) is 5.26 Å². The average molecular weight is 284 g/mol. The molecule has 4 heteroatoms. The number of nitriles is 1. The molecule has 1 unspecified atom stereocenters. The number of Topliss-reactive ketones (excluding diaryl/α,β-unsaturated/α-hetero) is 1. The molecule has 0 aliphatic rings. The Labute approximate surface area is 102 Å². The van der Waals surface area contributed by atoms with E-state index in [1.165, 1.54) is 19.1 Å². The van der Waals surface area contributed by atoms with Crippen molar-refractivity contribution in [2.45, 2.75) is 25.7 Å². The largest absolute Gasteiger partial charge is 0.300 e. The van der Waals surface area contributed by atoms with Gasteiger partial charge in [-0.05, 0) is 26.0 Å². The molecule has 2 nitrogen and oxygen atoms in total. The number of benzene rings is 1. The summed E-state index contributed by atoms with van der Waals surface area (Å²) in [6.45, 7) is 2.97.